The molecule has 8 nitrogen and oxygen atoms in total. The van der Waals surface area contributed by atoms with E-state index in [1.54, 1.807) is 56.3 Å². The summed E-state index contributed by atoms with van der Waals surface area (Å²) < 4.78 is 18.8. The average Bonchev–Trinajstić information content (AvgIpc) is 3.14. The van der Waals surface area contributed by atoms with Gasteiger partial charge in [-0.25, -0.2) is 9.79 Å². The Hall–Kier alpha value is -3.37. The largest absolute Gasteiger partial charge is 0.508 e. The van der Waals surface area contributed by atoms with Gasteiger partial charge in [-0.2, -0.15) is 0 Å². The monoisotopic (exact) mass is 558 g/mol. The molecule has 182 valence electrons. The molecule has 0 spiro atoms. The minimum absolute atomic E-state index is 0.136. The number of allylic oxidation sites excluding steroid dienone is 1. The number of phenols is 1. The molecule has 0 bridgehead atoms. The lowest BCUT2D eigenvalue weighted by Crippen LogP contribution is -2.40. The summed E-state index contributed by atoms with van der Waals surface area (Å²) in [6.07, 6.45) is 1.73. The third-order valence-electron chi connectivity index (χ3n) is 5.51. The van der Waals surface area contributed by atoms with Gasteiger partial charge in [0.25, 0.3) is 5.56 Å². The van der Waals surface area contributed by atoms with Gasteiger partial charge < -0.3 is 19.3 Å². The quantitative estimate of drug-likeness (QED) is 0.466. The van der Waals surface area contributed by atoms with Gasteiger partial charge in [0, 0.05) is 4.47 Å². The van der Waals surface area contributed by atoms with Crippen molar-refractivity contribution < 1.29 is 24.1 Å². The van der Waals surface area contributed by atoms with E-state index in [1.165, 1.54) is 30.1 Å². The van der Waals surface area contributed by atoms with Crippen molar-refractivity contribution in [3.63, 3.8) is 0 Å². The summed E-state index contributed by atoms with van der Waals surface area (Å²) in [4.78, 5) is 31.8. The van der Waals surface area contributed by atoms with Crippen molar-refractivity contribution in [1.82, 2.24) is 4.57 Å². The fourth-order valence-corrected chi connectivity index (χ4v) is 5.47. The SMILES string of the molecule is CCOC(=O)C1=C(C)N=c2s/c(=C\c3ccc(O)cc3)c(=O)n2[C@H]1c1cc(OC)c(OC)cc1Br. The van der Waals surface area contributed by atoms with Crippen molar-refractivity contribution >= 4 is 39.3 Å². The van der Waals surface area contributed by atoms with Crippen molar-refractivity contribution in [2.24, 2.45) is 4.99 Å². The lowest BCUT2D eigenvalue weighted by Gasteiger charge is -2.26. The van der Waals surface area contributed by atoms with Gasteiger partial charge in [-0.15, -0.1) is 0 Å². The Bertz CT molecular complexity index is 1500. The van der Waals surface area contributed by atoms with E-state index in [0.29, 0.717) is 36.6 Å². The molecule has 2 aromatic carbocycles. The molecule has 1 atom stereocenters. The molecule has 3 aromatic rings. The third kappa shape index (κ3) is 4.63. The Balaban J connectivity index is 2.01. The summed E-state index contributed by atoms with van der Waals surface area (Å²) in [7, 11) is 3.05. The number of rotatable bonds is 6. The van der Waals surface area contributed by atoms with E-state index in [-0.39, 0.29) is 23.5 Å². The van der Waals surface area contributed by atoms with Crippen molar-refractivity contribution in [2.75, 3.05) is 20.8 Å². The lowest BCUT2D eigenvalue weighted by molar-refractivity contribution is -0.139. The first-order chi connectivity index (χ1) is 16.8. The van der Waals surface area contributed by atoms with Crippen LogP contribution in [0.5, 0.6) is 17.2 Å². The maximum atomic E-state index is 13.7. The molecule has 0 saturated heterocycles. The van der Waals surface area contributed by atoms with Crippen molar-refractivity contribution in [1.29, 1.82) is 0 Å². The molecule has 0 amide bonds. The van der Waals surface area contributed by atoms with Crippen LogP contribution >= 0.6 is 27.3 Å². The Labute approximate surface area is 213 Å². The Morgan fingerprint density at radius 1 is 1.20 bits per heavy atom. The first kappa shape index (κ1) is 24.7. The smallest absolute Gasteiger partial charge is 0.338 e. The van der Waals surface area contributed by atoms with Crippen LogP contribution in [0.4, 0.5) is 0 Å². The fraction of sp³-hybridized carbons (Fsp3) is 0.240. The number of methoxy groups -OCH3 is 2. The van der Waals surface area contributed by atoms with E-state index < -0.39 is 12.0 Å². The summed E-state index contributed by atoms with van der Waals surface area (Å²) in [6, 6.07) is 9.20. The molecule has 0 aliphatic carbocycles. The molecule has 0 unspecified atom stereocenters. The zero-order chi connectivity index (χ0) is 25.3. The van der Waals surface area contributed by atoms with Crippen molar-refractivity contribution in [3.05, 3.63) is 83.0 Å². The van der Waals surface area contributed by atoms with Gasteiger partial charge in [0.1, 0.15) is 5.75 Å². The van der Waals surface area contributed by atoms with Crippen LogP contribution in [0.25, 0.3) is 6.08 Å². The average molecular weight is 559 g/mol. The molecule has 1 N–H and O–H groups in total. The van der Waals surface area contributed by atoms with E-state index in [0.717, 1.165) is 5.56 Å². The number of aromatic nitrogens is 1. The van der Waals surface area contributed by atoms with E-state index in [9.17, 15) is 14.7 Å². The summed E-state index contributed by atoms with van der Waals surface area (Å²) >= 11 is 4.80. The van der Waals surface area contributed by atoms with E-state index in [2.05, 4.69) is 20.9 Å². The zero-order valence-corrected chi connectivity index (χ0v) is 21.9. The maximum Gasteiger partial charge on any atom is 0.338 e. The second-order valence-corrected chi connectivity index (χ2v) is 9.49. The highest BCUT2D eigenvalue weighted by Gasteiger charge is 2.35. The van der Waals surface area contributed by atoms with E-state index in [1.807, 2.05) is 0 Å². The molecule has 1 aliphatic rings. The molecule has 2 heterocycles. The summed E-state index contributed by atoms with van der Waals surface area (Å²) in [6.45, 7) is 3.63. The number of ether oxygens (including phenoxy) is 3. The van der Waals surface area contributed by atoms with Crippen LogP contribution in [-0.2, 0) is 9.53 Å². The Morgan fingerprint density at radius 3 is 2.49 bits per heavy atom. The second-order valence-electron chi connectivity index (χ2n) is 7.62. The fourth-order valence-electron chi connectivity index (χ4n) is 3.89. The van der Waals surface area contributed by atoms with Crippen LogP contribution in [0.15, 0.2) is 61.9 Å². The number of hydrogen-bond donors (Lipinski definition) is 1. The van der Waals surface area contributed by atoms with Crippen LogP contribution in [-0.4, -0.2) is 36.5 Å². The molecule has 0 fully saturated rings. The van der Waals surface area contributed by atoms with Crippen LogP contribution in [0.3, 0.4) is 0 Å². The second kappa shape index (κ2) is 10.1. The first-order valence-corrected chi connectivity index (χ1v) is 12.3. The molecular weight excluding hydrogens is 536 g/mol. The van der Waals surface area contributed by atoms with Gasteiger partial charge in [-0.3, -0.25) is 9.36 Å². The highest BCUT2D eigenvalue weighted by molar-refractivity contribution is 9.10. The molecule has 0 saturated carbocycles. The summed E-state index contributed by atoms with van der Waals surface area (Å²) in [5.74, 6) is 0.542. The van der Waals surface area contributed by atoms with Gasteiger partial charge >= 0.3 is 5.97 Å². The van der Waals surface area contributed by atoms with E-state index >= 15 is 0 Å². The van der Waals surface area contributed by atoms with Crippen molar-refractivity contribution in [2.45, 2.75) is 19.9 Å². The summed E-state index contributed by atoms with van der Waals surface area (Å²) in [5.41, 5.74) is 1.80. The normalized spacial score (nSPS) is 15.5. The van der Waals surface area contributed by atoms with Crippen molar-refractivity contribution in [3.8, 4) is 17.2 Å². The lowest BCUT2D eigenvalue weighted by atomic mass is 9.95. The minimum Gasteiger partial charge on any atom is -0.508 e. The predicted molar refractivity (Wildman–Crippen MR) is 136 cm³/mol. The molecule has 35 heavy (non-hydrogen) atoms. The molecule has 4 rings (SSSR count). The van der Waals surface area contributed by atoms with Gasteiger partial charge in [-0.1, -0.05) is 39.4 Å². The van der Waals surface area contributed by atoms with Gasteiger partial charge in [-0.05, 0) is 55.3 Å². The van der Waals surface area contributed by atoms with Gasteiger partial charge in [0.2, 0.25) is 0 Å². The number of thiazole rings is 1. The van der Waals surface area contributed by atoms with Crippen LogP contribution in [0.1, 0.15) is 31.0 Å². The van der Waals surface area contributed by atoms with Crippen LogP contribution in [0, 0.1) is 0 Å². The predicted octanol–water partition coefficient (Wildman–Crippen LogP) is 3.28. The number of aromatic hydroxyl groups is 1. The Morgan fingerprint density at radius 2 is 1.86 bits per heavy atom. The number of benzene rings is 2. The minimum atomic E-state index is -0.804. The summed E-state index contributed by atoms with van der Waals surface area (Å²) in [5, 5.41) is 9.57. The number of carbonyl (C=O) groups is 1. The molecular formula is C25H23BrN2O6S. The van der Waals surface area contributed by atoms with Crippen LogP contribution in [0.2, 0.25) is 0 Å². The van der Waals surface area contributed by atoms with Gasteiger partial charge in [0.15, 0.2) is 16.3 Å². The standard InChI is InChI=1S/C25H23BrN2O6S/c1-5-34-24(31)21-13(2)27-25-28(22(21)16-11-18(32-3)19(33-4)12-17(16)26)23(30)20(35-25)10-14-6-8-15(29)9-7-14/h6-12,22,29H,5H2,1-4H3/b20-10-/t22-/m0/s1. The molecule has 10 heteroatoms. The third-order valence-corrected chi connectivity index (χ3v) is 7.18. The number of carbonyl (C=O) groups excluding carboxylic acids is 1. The first-order valence-electron chi connectivity index (χ1n) is 10.7. The number of phenolic OH excluding ortho intramolecular Hbond substituents is 1. The Kier molecular flexibility index (Phi) is 7.13. The molecule has 0 radical (unpaired) electrons. The number of nitrogens with zero attached hydrogens (tertiary/aromatic N) is 2. The number of esters is 1. The van der Waals surface area contributed by atoms with Gasteiger partial charge in [0.05, 0.1) is 42.7 Å². The van der Waals surface area contributed by atoms with Crippen LogP contribution < -0.4 is 24.4 Å². The highest BCUT2D eigenvalue weighted by Crippen LogP contribution is 2.40. The zero-order valence-electron chi connectivity index (χ0n) is 19.5. The highest BCUT2D eigenvalue weighted by atomic mass is 79.9. The number of fused-ring (bicyclic) bond motifs is 1. The number of halogens is 1. The molecule has 1 aromatic heterocycles. The number of hydrogen-bond acceptors (Lipinski definition) is 8. The van der Waals surface area contributed by atoms with E-state index in [4.69, 9.17) is 14.2 Å². The topological polar surface area (TPSA) is 99.4 Å². The molecule has 1 aliphatic heterocycles. The maximum absolute atomic E-state index is 13.7.